The van der Waals surface area contributed by atoms with Crippen molar-refractivity contribution in [2.45, 2.75) is 12.5 Å². The fourth-order valence-electron chi connectivity index (χ4n) is 3.30. The third kappa shape index (κ3) is 1.13. The number of hydrogen-bond donors (Lipinski definition) is 1. The van der Waals surface area contributed by atoms with Crippen molar-refractivity contribution in [1.82, 2.24) is 0 Å². The SMILES string of the molecule is O=C1C=C2c3cccc4cccc(c34)[C@@H](O)[C@@H]2C1. The number of carbonyl (C=O) groups excluding carboxylic acids is 1. The van der Waals surface area contributed by atoms with Gasteiger partial charge in [-0.2, -0.15) is 0 Å². The lowest BCUT2D eigenvalue weighted by Crippen LogP contribution is -2.17. The number of allylic oxidation sites excluding steroid dienone is 1. The highest BCUT2D eigenvalue weighted by Gasteiger charge is 2.37. The van der Waals surface area contributed by atoms with Crippen LogP contribution in [0.3, 0.4) is 0 Å². The first-order valence-corrected chi connectivity index (χ1v) is 6.20. The van der Waals surface area contributed by atoms with Crippen LogP contribution in [-0.2, 0) is 4.79 Å². The number of carbonyl (C=O) groups is 1. The summed E-state index contributed by atoms with van der Waals surface area (Å²) < 4.78 is 0. The van der Waals surface area contributed by atoms with Gasteiger partial charge in [-0.15, -0.1) is 0 Å². The Hall–Kier alpha value is -1.93. The van der Waals surface area contributed by atoms with Gasteiger partial charge in [0.1, 0.15) is 0 Å². The Morgan fingerprint density at radius 2 is 1.89 bits per heavy atom. The average Bonchev–Trinajstić information content (AvgIpc) is 2.78. The molecule has 2 nitrogen and oxygen atoms in total. The van der Waals surface area contributed by atoms with Gasteiger partial charge in [0.2, 0.25) is 0 Å². The van der Waals surface area contributed by atoms with Crippen molar-refractivity contribution in [3.8, 4) is 0 Å². The molecule has 2 atom stereocenters. The van der Waals surface area contributed by atoms with Gasteiger partial charge in [-0.25, -0.2) is 0 Å². The van der Waals surface area contributed by atoms with E-state index in [-0.39, 0.29) is 11.7 Å². The Balaban J connectivity index is 2.15. The van der Waals surface area contributed by atoms with Crippen molar-refractivity contribution in [2.75, 3.05) is 0 Å². The summed E-state index contributed by atoms with van der Waals surface area (Å²) in [5.41, 5.74) is 3.08. The Bertz CT molecular complexity index is 707. The van der Waals surface area contributed by atoms with Gasteiger partial charge in [0.05, 0.1) is 6.10 Å². The van der Waals surface area contributed by atoms with E-state index in [4.69, 9.17) is 0 Å². The molecule has 0 heterocycles. The van der Waals surface area contributed by atoms with Crippen molar-refractivity contribution < 1.29 is 9.90 Å². The monoisotopic (exact) mass is 236 g/mol. The second kappa shape index (κ2) is 3.30. The van der Waals surface area contributed by atoms with Crippen molar-refractivity contribution in [3.05, 3.63) is 53.6 Å². The molecule has 18 heavy (non-hydrogen) atoms. The van der Waals surface area contributed by atoms with Gasteiger partial charge < -0.3 is 5.11 Å². The van der Waals surface area contributed by atoms with Crippen LogP contribution in [0.2, 0.25) is 0 Å². The minimum atomic E-state index is -0.554. The Morgan fingerprint density at radius 3 is 2.72 bits per heavy atom. The largest absolute Gasteiger partial charge is 0.388 e. The zero-order valence-electron chi connectivity index (χ0n) is 9.76. The molecule has 0 spiro atoms. The van der Waals surface area contributed by atoms with Gasteiger partial charge in [-0.1, -0.05) is 36.4 Å². The maximum absolute atomic E-state index is 11.6. The lowest BCUT2D eigenvalue weighted by Gasteiger charge is -2.29. The molecule has 2 aromatic rings. The third-order valence-electron chi connectivity index (χ3n) is 4.08. The fourth-order valence-corrected chi connectivity index (χ4v) is 3.30. The van der Waals surface area contributed by atoms with Crippen molar-refractivity contribution in [1.29, 1.82) is 0 Å². The highest BCUT2D eigenvalue weighted by Crippen LogP contribution is 2.48. The number of hydrogen-bond acceptors (Lipinski definition) is 2. The maximum atomic E-state index is 11.6. The average molecular weight is 236 g/mol. The van der Waals surface area contributed by atoms with Crippen LogP contribution in [0.1, 0.15) is 23.7 Å². The second-order valence-corrected chi connectivity index (χ2v) is 5.07. The van der Waals surface area contributed by atoms with E-state index < -0.39 is 6.10 Å². The first kappa shape index (κ1) is 10.0. The predicted molar refractivity (Wildman–Crippen MR) is 70.0 cm³/mol. The molecule has 0 saturated carbocycles. The number of rotatable bonds is 0. The molecule has 2 aliphatic carbocycles. The smallest absolute Gasteiger partial charge is 0.156 e. The molecular formula is C16H12O2. The summed E-state index contributed by atoms with van der Waals surface area (Å²) >= 11 is 0. The minimum Gasteiger partial charge on any atom is -0.388 e. The van der Waals surface area contributed by atoms with Crippen LogP contribution >= 0.6 is 0 Å². The normalized spacial score (nSPS) is 25.2. The van der Waals surface area contributed by atoms with Crippen LogP contribution in [0.5, 0.6) is 0 Å². The van der Waals surface area contributed by atoms with E-state index in [9.17, 15) is 9.90 Å². The molecule has 0 amide bonds. The topological polar surface area (TPSA) is 37.3 Å². The number of benzene rings is 2. The van der Waals surface area contributed by atoms with Crippen LogP contribution < -0.4 is 0 Å². The molecule has 2 aliphatic rings. The summed E-state index contributed by atoms with van der Waals surface area (Å²) in [6.45, 7) is 0. The van der Waals surface area contributed by atoms with Crippen LogP contribution in [0.25, 0.3) is 16.3 Å². The van der Waals surface area contributed by atoms with E-state index in [2.05, 4.69) is 6.07 Å². The van der Waals surface area contributed by atoms with Gasteiger partial charge in [0.25, 0.3) is 0 Å². The predicted octanol–water partition coefficient (Wildman–Crippen LogP) is 2.86. The minimum absolute atomic E-state index is 0.0574. The molecule has 2 heteroatoms. The van der Waals surface area contributed by atoms with Crippen molar-refractivity contribution >= 4 is 22.1 Å². The maximum Gasteiger partial charge on any atom is 0.156 e. The standard InChI is InChI=1S/C16H12O2/c17-10-7-13-11-5-1-3-9-4-2-6-12(15(9)11)16(18)14(13)8-10/h1-7,14,16,18H,8H2/t14-,16-/m1/s1. The van der Waals surface area contributed by atoms with Crippen LogP contribution in [0.4, 0.5) is 0 Å². The summed E-state index contributed by atoms with van der Waals surface area (Å²) in [5, 5.41) is 12.7. The first-order chi connectivity index (χ1) is 8.75. The van der Waals surface area contributed by atoms with E-state index in [0.717, 1.165) is 27.5 Å². The number of aliphatic hydroxyl groups is 1. The Labute approximate surface area is 105 Å². The van der Waals surface area contributed by atoms with E-state index >= 15 is 0 Å². The highest BCUT2D eigenvalue weighted by atomic mass is 16.3. The second-order valence-electron chi connectivity index (χ2n) is 5.07. The zero-order valence-corrected chi connectivity index (χ0v) is 9.76. The summed E-state index contributed by atoms with van der Waals surface area (Å²) in [5.74, 6) is 0.0665. The van der Waals surface area contributed by atoms with E-state index in [1.807, 2.05) is 30.3 Å². The molecule has 0 fully saturated rings. The molecule has 1 N–H and O–H groups in total. The molecule has 0 saturated heterocycles. The van der Waals surface area contributed by atoms with E-state index in [0.29, 0.717) is 6.42 Å². The summed E-state index contributed by atoms with van der Waals surface area (Å²) in [7, 11) is 0. The van der Waals surface area contributed by atoms with Gasteiger partial charge in [-0.3, -0.25) is 4.79 Å². The zero-order chi connectivity index (χ0) is 12.3. The first-order valence-electron chi connectivity index (χ1n) is 6.20. The Kier molecular flexibility index (Phi) is 1.84. The van der Waals surface area contributed by atoms with Crippen LogP contribution in [0.15, 0.2) is 42.5 Å². The lowest BCUT2D eigenvalue weighted by atomic mass is 9.77. The molecule has 0 unspecified atom stereocenters. The number of aliphatic hydroxyl groups excluding tert-OH is 1. The number of ketones is 1. The lowest BCUT2D eigenvalue weighted by molar-refractivity contribution is -0.115. The molecule has 4 rings (SSSR count). The highest BCUT2D eigenvalue weighted by molar-refractivity contribution is 6.09. The van der Waals surface area contributed by atoms with Crippen LogP contribution in [0, 0.1) is 5.92 Å². The molecule has 0 aromatic heterocycles. The van der Waals surface area contributed by atoms with Gasteiger partial charge in [-0.05, 0) is 33.5 Å². The third-order valence-corrected chi connectivity index (χ3v) is 4.08. The van der Waals surface area contributed by atoms with Gasteiger partial charge >= 0.3 is 0 Å². The summed E-state index contributed by atoms with van der Waals surface area (Å²) in [6.07, 6.45) is 1.58. The summed E-state index contributed by atoms with van der Waals surface area (Å²) in [4.78, 5) is 11.6. The Morgan fingerprint density at radius 1 is 1.11 bits per heavy atom. The molecule has 0 bridgehead atoms. The molecule has 0 aliphatic heterocycles. The molecular weight excluding hydrogens is 224 g/mol. The van der Waals surface area contributed by atoms with Gasteiger partial charge in [0, 0.05) is 12.3 Å². The van der Waals surface area contributed by atoms with E-state index in [1.165, 1.54) is 0 Å². The quantitative estimate of drug-likeness (QED) is 0.763. The molecule has 88 valence electrons. The van der Waals surface area contributed by atoms with Crippen LogP contribution in [-0.4, -0.2) is 10.9 Å². The fraction of sp³-hybridized carbons (Fsp3) is 0.188. The molecule has 0 radical (unpaired) electrons. The van der Waals surface area contributed by atoms with Gasteiger partial charge in [0.15, 0.2) is 5.78 Å². The van der Waals surface area contributed by atoms with Crippen molar-refractivity contribution in [3.63, 3.8) is 0 Å². The number of fused-ring (bicyclic) bond motifs is 2. The summed E-state index contributed by atoms with van der Waals surface area (Å²) in [6, 6.07) is 12.1. The van der Waals surface area contributed by atoms with E-state index in [1.54, 1.807) is 6.08 Å². The van der Waals surface area contributed by atoms with Crippen molar-refractivity contribution in [2.24, 2.45) is 5.92 Å². The molecule has 2 aromatic carbocycles.